The highest BCUT2D eigenvalue weighted by atomic mass is 35.5. The molecule has 2 aromatic rings. The molecule has 4 heterocycles. The first-order valence-corrected chi connectivity index (χ1v) is 13.1. The third-order valence-corrected chi connectivity index (χ3v) is 8.11. The highest BCUT2D eigenvalue weighted by molar-refractivity contribution is 6.30. The molecular formula is C27H35ClN4O2. The summed E-state index contributed by atoms with van der Waals surface area (Å²) in [6.07, 6.45) is 7.88. The van der Waals surface area contributed by atoms with E-state index in [1.807, 2.05) is 12.1 Å². The molecule has 0 saturated carbocycles. The Morgan fingerprint density at radius 3 is 2.65 bits per heavy atom. The van der Waals surface area contributed by atoms with Gasteiger partial charge in [-0.15, -0.1) is 0 Å². The number of halogens is 1. The average Bonchev–Trinajstić information content (AvgIpc) is 2.85. The summed E-state index contributed by atoms with van der Waals surface area (Å²) in [7, 11) is 0. The number of benzene rings is 1. The fourth-order valence-electron chi connectivity index (χ4n) is 6.00. The molecule has 34 heavy (non-hydrogen) atoms. The third kappa shape index (κ3) is 5.40. The largest absolute Gasteiger partial charge is 0.480 e. The van der Waals surface area contributed by atoms with Crippen molar-refractivity contribution in [3.8, 4) is 0 Å². The number of aliphatic carboxylic acids is 1. The molecule has 0 radical (unpaired) electrons. The van der Waals surface area contributed by atoms with Gasteiger partial charge in [0.1, 0.15) is 11.9 Å². The number of hydrogen-bond acceptors (Lipinski definition) is 5. The van der Waals surface area contributed by atoms with Crippen molar-refractivity contribution in [3.05, 3.63) is 58.2 Å². The van der Waals surface area contributed by atoms with Gasteiger partial charge in [0.15, 0.2) is 0 Å². The van der Waals surface area contributed by atoms with E-state index in [1.54, 1.807) is 12.1 Å². The molecule has 3 aliphatic heterocycles. The number of rotatable bonds is 6. The molecule has 5 rings (SSSR count). The SMILES string of the molecule is O=C(O)C(c1cccc(Cl)c1)N1CCC(N2CCC(Cc3ccc4c(n3)NCCC4)CC2)CC1. The molecule has 0 spiro atoms. The van der Waals surface area contributed by atoms with E-state index in [4.69, 9.17) is 16.6 Å². The van der Waals surface area contributed by atoms with Gasteiger partial charge in [-0.2, -0.15) is 0 Å². The van der Waals surface area contributed by atoms with Gasteiger partial charge < -0.3 is 15.3 Å². The Morgan fingerprint density at radius 1 is 1.12 bits per heavy atom. The van der Waals surface area contributed by atoms with Crippen molar-refractivity contribution < 1.29 is 9.90 Å². The van der Waals surface area contributed by atoms with Crippen molar-refractivity contribution in [2.24, 2.45) is 5.92 Å². The smallest absolute Gasteiger partial charge is 0.325 e. The molecule has 182 valence electrons. The number of nitrogens with one attached hydrogen (secondary N) is 1. The van der Waals surface area contributed by atoms with Crippen molar-refractivity contribution in [2.45, 2.75) is 57.0 Å². The number of hydrogen-bond donors (Lipinski definition) is 2. The van der Waals surface area contributed by atoms with Gasteiger partial charge in [0, 0.05) is 36.4 Å². The van der Waals surface area contributed by atoms with Gasteiger partial charge >= 0.3 is 5.97 Å². The number of fused-ring (bicyclic) bond motifs is 1. The lowest BCUT2D eigenvalue weighted by molar-refractivity contribution is -0.144. The van der Waals surface area contributed by atoms with Gasteiger partial charge in [-0.1, -0.05) is 29.8 Å². The van der Waals surface area contributed by atoms with Crippen molar-refractivity contribution >= 4 is 23.4 Å². The molecule has 1 unspecified atom stereocenters. The van der Waals surface area contributed by atoms with E-state index in [2.05, 4.69) is 27.2 Å². The molecule has 1 atom stereocenters. The number of carboxylic acids is 1. The van der Waals surface area contributed by atoms with E-state index < -0.39 is 12.0 Å². The third-order valence-electron chi connectivity index (χ3n) is 7.88. The number of anilines is 1. The number of aromatic nitrogens is 1. The van der Waals surface area contributed by atoms with Crippen molar-refractivity contribution in [1.29, 1.82) is 0 Å². The molecule has 0 aliphatic carbocycles. The first kappa shape index (κ1) is 23.6. The predicted octanol–water partition coefficient (Wildman–Crippen LogP) is 4.64. The molecule has 2 N–H and O–H groups in total. The van der Waals surface area contributed by atoms with Gasteiger partial charge in [-0.3, -0.25) is 9.69 Å². The van der Waals surface area contributed by atoms with Crippen LogP contribution >= 0.6 is 11.6 Å². The van der Waals surface area contributed by atoms with Crippen LogP contribution in [-0.4, -0.2) is 64.6 Å². The Morgan fingerprint density at radius 2 is 1.91 bits per heavy atom. The fourth-order valence-corrected chi connectivity index (χ4v) is 6.19. The topological polar surface area (TPSA) is 68.7 Å². The lowest BCUT2D eigenvalue weighted by Crippen LogP contribution is -2.49. The Balaban J connectivity index is 1.12. The van der Waals surface area contributed by atoms with Crippen LogP contribution in [0.3, 0.4) is 0 Å². The summed E-state index contributed by atoms with van der Waals surface area (Å²) >= 11 is 6.13. The van der Waals surface area contributed by atoms with E-state index in [0.29, 0.717) is 17.0 Å². The summed E-state index contributed by atoms with van der Waals surface area (Å²) in [6, 6.07) is 11.7. The summed E-state index contributed by atoms with van der Waals surface area (Å²) in [5.41, 5.74) is 3.35. The summed E-state index contributed by atoms with van der Waals surface area (Å²) in [6.45, 7) is 4.91. The lowest BCUT2D eigenvalue weighted by atomic mass is 9.89. The van der Waals surface area contributed by atoms with Crippen LogP contribution in [-0.2, 0) is 17.6 Å². The first-order chi connectivity index (χ1) is 16.6. The van der Waals surface area contributed by atoms with Crippen LogP contribution in [0.5, 0.6) is 0 Å². The highest BCUT2D eigenvalue weighted by Crippen LogP contribution is 2.31. The second-order valence-corrected chi connectivity index (χ2v) is 10.5. The standard InChI is InChI=1S/C27H35ClN4O2/c28-22-5-1-3-21(18-22)25(27(33)34)32-15-10-24(11-16-32)31-13-8-19(9-14-31)17-23-7-6-20-4-2-12-29-26(20)30-23/h1,3,5-7,18-19,24-25H,2,4,8-17H2,(H,29,30)(H,33,34). The maximum atomic E-state index is 12.1. The highest BCUT2D eigenvalue weighted by Gasteiger charge is 2.34. The Labute approximate surface area is 207 Å². The van der Waals surface area contributed by atoms with Gasteiger partial charge in [0.2, 0.25) is 0 Å². The minimum Gasteiger partial charge on any atom is -0.480 e. The van der Waals surface area contributed by atoms with E-state index in [9.17, 15) is 9.90 Å². The molecule has 7 heteroatoms. The summed E-state index contributed by atoms with van der Waals surface area (Å²) in [4.78, 5) is 21.7. The molecule has 6 nitrogen and oxygen atoms in total. The molecule has 2 fully saturated rings. The van der Waals surface area contributed by atoms with Crippen molar-refractivity contribution in [3.63, 3.8) is 0 Å². The van der Waals surface area contributed by atoms with E-state index in [-0.39, 0.29) is 0 Å². The van der Waals surface area contributed by atoms with Gasteiger partial charge in [0.05, 0.1) is 0 Å². The van der Waals surface area contributed by atoms with Crippen LogP contribution < -0.4 is 5.32 Å². The first-order valence-electron chi connectivity index (χ1n) is 12.8. The number of piperidine rings is 2. The van der Waals surface area contributed by atoms with Crippen molar-refractivity contribution in [1.82, 2.24) is 14.8 Å². The zero-order valence-electron chi connectivity index (χ0n) is 19.8. The van der Waals surface area contributed by atoms with Crippen LogP contribution in [0, 0.1) is 5.92 Å². The number of aryl methyl sites for hydroxylation is 1. The lowest BCUT2D eigenvalue weighted by Gasteiger charge is -2.43. The Kier molecular flexibility index (Phi) is 7.37. The predicted molar refractivity (Wildman–Crippen MR) is 135 cm³/mol. The molecule has 0 bridgehead atoms. The zero-order valence-corrected chi connectivity index (χ0v) is 20.5. The maximum absolute atomic E-state index is 12.1. The Bertz CT molecular complexity index is 1000. The molecule has 1 aromatic carbocycles. The summed E-state index contributed by atoms with van der Waals surface area (Å²) in [5.74, 6) is 1.00. The fraction of sp³-hybridized carbons (Fsp3) is 0.556. The van der Waals surface area contributed by atoms with Gasteiger partial charge in [-0.05, 0) is 93.3 Å². The zero-order chi connectivity index (χ0) is 23.5. The van der Waals surface area contributed by atoms with Crippen LogP contribution in [0.15, 0.2) is 36.4 Å². The molecular weight excluding hydrogens is 448 g/mol. The van der Waals surface area contributed by atoms with Crippen LogP contribution in [0.1, 0.15) is 55.0 Å². The summed E-state index contributed by atoms with van der Waals surface area (Å²) in [5, 5.41) is 13.9. The monoisotopic (exact) mass is 482 g/mol. The summed E-state index contributed by atoms with van der Waals surface area (Å²) < 4.78 is 0. The van der Waals surface area contributed by atoms with Crippen LogP contribution in [0.4, 0.5) is 5.82 Å². The molecule has 0 amide bonds. The number of carboxylic acid groups (broad SMARTS) is 1. The number of pyridine rings is 1. The molecule has 3 aliphatic rings. The normalized spacial score (nSPS) is 21.6. The van der Waals surface area contributed by atoms with Crippen LogP contribution in [0.25, 0.3) is 0 Å². The second-order valence-electron chi connectivity index (χ2n) is 10.1. The number of nitrogens with zero attached hydrogens (tertiary/aromatic N) is 3. The van der Waals surface area contributed by atoms with Crippen molar-refractivity contribution in [2.75, 3.05) is 38.0 Å². The number of carbonyl (C=O) groups is 1. The minimum atomic E-state index is -0.799. The van der Waals surface area contributed by atoms with E-state index in [0.717, 1.165) is 69.8 Å². The van der Waals surface area contributed by atoms with Crippen LogP contribution in [0.2, 0.25) is 5.02 Å². The van der Waals surface area contributed by atoms with E-state index >= 15 is 0 Å². The minimum absolute atomic E-state index is 0.553. The van der Waals surface area contributed by atoms with E-state index in [1.165, 1.54) is 30.5 Å². The second kappa shape index (κ2) is 10.6. The molecule has 1 aromatic heterocycles. The number of likely N-dealkylation sites (tertiary alicyclic amines) is 2. The maximum Gasteiger partial charge on any atom is 0.325 e. The quantitative estimate of drug-likeness (QED) is 0.625. The van der Waals surface area contributed by atoms with Gasteiger partial charge in [0.25, 0.3) is 0 Å². The van der Waals surface area contributed by atoms with Gasteiger partial charge in [-0.25, -0.2) is 4.98 Å². The Hall–Kier alpha value is -2.15. The average molecular weight is 483 g/mol. The molecule has 2 saturated heterocycles.